The van der Waals surface area contributed by atoms with Crippen LogP contribution in [0.2, 0.25) is 0 Å². The van der Waals surface area contributed by atoms with Gasteiger partial charge in [0.05, 0.1) is 31.2 Å². The summed E-state index contributed by atoms with van der Waals surface area (Å²) in [6.07, 6.45) is 0. The molecule has 0 unspecified atom stereocenters. The standard InChI is InChI=1S/C22H22N2O5/c1-23(2)11-20-19-6-4-3-5-15(19)7-8-21(20)28-13-17-10-18(24(25)26)9-16-12-27-14-29-22(16)17/h3-10H,11-14H2,1-2H3/p+1. The maximum absolute atomic E-state index is 11.3. The van der Waals surface area contributed by atoms with Gasteiger partial charge in [0, 0.05) is 23.3 Å². The van der Waals surface area contributed by atoms with E-state index in [2.05, 4.69) is 26.2 Å². The molecule has 1 aliphatic heterocycles. The Kier molecular flexibility index (Phi) is 5.33. The normalized spacial score (nSPS) is 13.2. The first-order valence-electron chi connectivity index (χ1n) is 9.46. The summed E-state index contributed by atoms with van der Waals surface area (Å²) < 4.78 is 17.1. The summed E-state index contributed by atoms with van der Waals surface area (Å²) in [5, 5.41) is 13.6. The van der Waals surface area contributed by atoms with Crippen molar-refractivity contribution >= 4 is 16.5 Å². The van der Waals surface area contributed by atoms with Crippen molar-refractivity contribution in [1.82, 2.24) is 0 Å². The summed E-state index contributed by atoms with van der Waals surface area (Å²) in [4.78, 5) is 12.2. The largest absolute Gasteiger partial charge is 0.488 e. The molecule has 3 aromatic rings. The zero-order valence-corrected chi connectivity index (χ0v) is 16.4. The van der Waals surface area contributed by atoms with Crippen LogP contribution in [0.3, 0.4) is 0 Å². The molecule has 0 fully saturated rings. The molecule has 0 bridgehead atoms. The second-order valence-corrected chi connectivity index (χ2v) is 7.40. The first kappa shape index (κ1) is 19.2. The molecule has 150 valence electrons. The van der Waals surface area contributed by atoms with E-state index in [0.29, 0.717) is 16.9 Å². The van der Waals surface area contributed by atoms with Crippen LogP contribution in [0.5, 0.6) is 11.5 Å². The van der Waals surface area contributed by atoms with Gasteiger partial charge in [-0.3, -0.25) is 10.1 Å². The minimum atomic E-state index is -0.407. The van der Waals surface area contributed by atoms with E-state index in [1.165, 1.54) is 17.0 Å². The number of hydrogen-bond acceptors (Lipinski definition) is 5. The van der Waals surface area contributed by atoms with Crippen molar-refractivity contribution in [3.05, 3.63) is 75.3 Å². The third kappa shape index (κ3) is 4.01. The van der Waals surface area contributed by atoms with E-state index in [-0.39, 0.29) is 25.7 Å². The van der Waals surface area contributed by atoms with E-state index in [1.807, 2.05) is 24.3 Å². The number of nitrogens with zero attached hydrogens (tertiary/aromatic N) is 1. The van der Waals surface area contributed by atoms with Gasteiger partial charge in [0.2, 0.25) is 0 Å². The summed E-state index contributed by atoms with van der Waals surface area (Å²) in [6, 6.07) is 15.2. The highest BCUT2D eigenvalue weighted by Crippen LogP contribution is 2.34. The molecule has 4 rings (SSSR count). The van der Waals surface area contributed by atoms with Crippen LogP contribution in [0, 0.1) is 10.1 Å². The number of rotatable bonds is 6. The molecule has 0 atom stereocenters. The van der Waals surface area contributed by atoms with Gasteiger partial charge in [-0.1, -0.05) is 30.3 Å². The Hall–Kier alpha value is -3.16. The Morgan fingerprint density at radius 3 is 2.79 bits per heavy atom. The monoisotopic (exact) mass is 395 g/mol. The summed E-state index contributed by atoms with van der Waals surface area (Å²) in [5.41, 5.74) is 2.44. The lowest BCUT2D eigenvalue weighted by molar-refractivity contribution is -0.872. The number of ether oxygens (including phenoxy) is 3. The number of hydrogen-bond donors (Lipinski definition) is 1. The molecule has 0 radical (unpaired) electrons. The molecular formula is C22H23N2O5+. The molecule has 1 heterocycles. The van der Waals surface area contributed by atoms with Gasteiger partial charge < -0.3 is 19.1 Å². The molecule has 0 spiro atoms. The number of fused-ring (bicyclic) bond motifs is 2. The van der Waals surface area contributed by atoms with Gasteiger partial charge in [0.15, 0.2) is 6.79 Å². The molecule has 1 aliphatic rings. The zero-order valence-electron chi connectivity index (χ0n) is 16.4. The SMILES string of the molecule is C[NH+](C)Cc1c(OCc2cc([N+](=O)[O-])cc3c2OCOC3)ccc2ccccc12. The van der Waals surface area contributed by atoms with Gasteiger partial charge >= 0.3 is 0 Å². The number of nitro groups is 1. The van der Waals surface area contributed by atoms with Crippen LogP contribution < -0.4 is 14.4 Å². The van der Waals surface area contributed by atoms with Crippen LogP contribution in [0.25, 0.3) is 10.8 Å². The molecule has 3 aromatic carbocycles. The van der Waals surface area contributed by atoms with Gasteiger partial charge in [-0.15, -0.1) is 0 Å². The molecule has 29 heavy (non-hydrogen) atoms. The fourth-order valence-electron chi connectivity index (χ4n) is 3.64. The highest BCUT2D eigenvalue weighted by atomic mass is 16.7. The fourth-order valence-corrected chi connectivity index (χ4v) is 3.64. The molecule has 0 saturated heterocycles. The van der Waals surface area contributed by atoms with Gasteiger partial charge in [-0.25, -0.2) is 0 Å². The minimum absolute atomic E-state index is 0.00733. The van der Waals surface area contributed by atoms with Gasteiger partial charge in [-0.05, 0) is 16.8 Å². The van der Waals surface area contributed by atoms with Crippen molar-refractivity contribution in [1.29, 1.82) is 0 Å². The molecular weight excluding hydrogens is 372 g/mol. The topological polar surface area (TPSA) is 75.3 Å². The molecule has 0 aliphatic carbocycles. The number of non-ortho nitro benzene ring substituents is 1. The Bertz CT molecular complexity index is 1060. The Balaban J connectivity index is 1.70. The maximum Gasteiger partial charge on any atom is 0.270 e. The highest BCUT2D eigenvalue weighted by molar-refractivity contribution is 5.87. The van der Waals surface area contributed by atoms with Crippen LogP contribution in [-0.4, -0.2) is 25.8 Å². The second kappa shape index (κ2) is 8.06. The average Bonchev–Trinajstić information content (AvgIpc) is 2.72. The Labute approximate surface area is 168 Å². The molecule has 0 aromatic heterocycles. The average molecular weight is 395 g/mol. The third-order valence-corrected chi connectivity index (χ3v) is 4.89. The highest BCUT2D eigenvalue weighted by Gasteiger charge is 2.22. The van der Waals surface area contributed by atoms with Crippen LogP contribution in [0.1, 0.15) is 16.7 Å². The lowest BCUT2D eigenvalue weighted by Gasteiger charge is -2.21. The summed E-state index contributed by atoms with van der Waals surface area (Å²) >= 11 is 0. The van der Waals surface area contributed by atoms with Crippen molar-refractivity contribution in [3.63, 3.8) is 0 Å². The van der Waals surface area contributed by atoms with Crippen molar-refractivity contribution < 1.29 is 24.0 Å². The quantitative estimate of drug-likeness (QED) is 0.513. The molecule has 0 amide bonds. The van der Waals surface area contributed by atoms with Gasteiger partial charge in [0.1, 0.15) is 24.7 Å². The third-order valence-electron chi connectivity index (χ3n) is 4.89. The second-order valence-electron chi connectivity index (χ2n) is 7.40. The first-order chi connectivity index (χ1) is 14.0. The molecule has 7 heteroatoms. The summed E-state index contributed by atoms with van der Waals surface area (Å²) in [7, 11) is 4.19. The minimum Gasteiger partial charge on any atom is -0.488 e. The van der Waals surface area contributed by atoms with Crippen molar-refractivity contribution in [3.8, 4) is 11.5 Å². The van der Waals surface area contributed by atoms with Crippen LogP contribution in [0.15, 0.2) is 48.5 Å². The van der Waals surface area contributed by atoms with E-state index in [1.54, 1.807) is 0 Å². The van der Waals surface area contributed by atoms with Crippen LogP contribution in [-0.2, 0) is 24.5 Å². The Morgan fingerprint density at radius 2 is 2.00 bits per heavy atom. The number of quaternary nitrogens is 1. The van der Waals surface area contributed by atoms with Crippen molar-refractivity contribution in [2.24, 2.45) is 0 Å². The van der Waals surface area contributed by atoms with Crippen LogP contribution in [0.4, 0.5) is 5.69 Å². The van der Waals surface area contributed by atoms with E-state index < -0.39 is 4.92 Å². The van der Waals surface area contributed by atoms with E-state index in [4.69, 9.17) is 14.2 Å². The van der Waals surface area contributed by atoms with Crippen LogP contribution >= 0.6 is 0 Å². The lowest BCUT2D eigenvalue weighted by atomic mass is 10.0. The van der Waals surface area contributed by atoms with E-state index in [9.17, 15) is 10.1 Å². The molecule has 0 saturated carbocycles. The van der Waals surface area contributed by atoms with E-state index in [0.717, 1.165) is 28.6 Å². The summed E-state index contributed by atoms with van der Waals surface area (Å²) in [6.45, 7) is 1.39. The summed E-state index contributed by atoms with van der Waals surface area (Å²) in [5.74, 6) is 1.39. The fraction of sp³-hybridized carbons (Fsp3) is 0.273. The predicted octanol–water partition coefficient (Wildman–Crippen LogP) is 2.84. The van der Waals surface area contributed by atoms with Gasteiger partial charge in [0.25, 0.3) is 5.69 Å². The lowest BCUT2D eigenvalue weighted by Crippen LogP contribution is -3.04. The number of nitro benzene ring substituents is 1. The first-order valence-corrected chi connectivity index (χ1v) is 9.46. The Morgan fingerprint density at radius 1 is 1.17 bits per heavy atom. The van der Waals surface area contributed by atoms with Crippen molar-refractivity contribution in [2.75, 3.05) is 20.9 Å². The number of nitrogens with one attached hydrogen (secondary N) is 1. The smallest absolute Gasteiger partial charge is 0.270 e. The van der Waals surface area contributed by atoms with E-state index >= 15 is 0 Å². The maximum atomic E-state index is 11.3. The number of benzene rings is 3. The van der Waals surface area contributed by atoms with Crippen molar-refractivity contribution in [2.45, 2.75) is 19.8 Å². The zero-order chi connectivity index (χ0) is 20.4. The molecule has 7 nitrogen and oxygen atoms in total. The van der Waals surface area contributed by atoms with Gasteiger partial charge in [-0.2, -0.15) is 0 Å². The predicted molar refractivity (Wildman–Crippen MR) is 108 cm³/mol. The molecule has 1 N–H and O–H groups in total.